The first-order valence-electron chi connectivity index (χ1n) is 2.84. The normalized spacial score (nSPS) is 10.0. The molecule has 0 heterocycles. The van der Waals surface area contributed by atoms with Crippen LogP contribution in [0.15, 0.2) is 0 Å². The van der Waals surface area contributed by atoms with Crippen molar-refractivity contribution < 1.29 is 30.6 Å². The zero-order valence-electron chi connectivity index (χ0n) is 5.68. The molecule has 0 bridgehead atoms. The van der Waals surface area contributed by atoms with Gasteiger partial charge in [0.2, 0.25) is 34.5 Å². The maximum atomic E-state index is 8.76. The molecule has 66 valence electrons. The highest BCUT2D eigenvalue weighted by molar-refractivity contribution is 5.70. The van der Waals surface area contributed by atoms with Crippen molar-refractivity contribution in [3.8, 4) is 34.5 Å². The van der Waals surface area contributed by atoms with Crippen LogP contribution < -0.4 is 0 Å². The highest BCUT2D eigenvalue weighted by atomic mass is 16.4. The molecule has 0 amide bonds. The van der Waals surface area contributed by atoms with Crippen molar-refractivity contribution in [1.82, 2.24) is 0 Å². The molecule has 0 aliphatic rings. The van der Waals surface area contributed by atoms with Gasteiger partial charge in [-0.2, -0.15) is 0 Å². The van der Waals surface area contributed by atoms with Crippen molar-refractivity contribution in [3.63, 3.8) is 0 Å². The summed E-state index contributed by atoms with van der Waals surface area (Å²) in [6.45, 7) is 0. The van der Waals surface area contributed by atoms with Gasteiger partial charge >= 0.3 is 0 Å². The van der Waals surface area contributed by atoms with E-state index in [1.54, 1.807) is 0 Å². The summed E-state index contributed by atoms with van der Waals surface area (Å²) >= 11 is 0. The summed E-state index contributed by atoms with van der Waals surface area (Å²) in [5, 5.41) is 52.6. The summed E-state index contributed by atoms with van der Waals surface area (Å²) in [6.07, 6.45) is 0. The Morgan fingerprint density at radius 2 is 0.417 bits per heavy atom. The van der Waals surface area contributed by atoms with Crippen LogP contribution in [0.4, 0.5) is 0 Å². The smallest absolute Gasteiger partial charge is 0.208 e. The zero-order chi connectivity index (χ0) is 9.46. The van der Waals surface area contributed by atoms with Crippen LogP contribution in [-0.4, -0.2) is 30.6 Å². The molecule has 6 heteroatoms. The molecule has 1 rings (SSSR count). The predicted octanol–water partition coefficient (Wildman–Crippen LogP) is -0.0798. The number of phenolic OH excluding ortho intramolecular Hbond substituents is 6. The molecular weight excluding hydrogens is 168 g/mol. The molecule has 0 fully saturated rings. The first-order chi connectivity index (χ1) is 5.46. The van der Waals surface area contributed by atoms with Gasteiger partial charge in [-0.25, -0.2) is 0 Å². The second-order valence-corrected chi connectivity index (χ2v) is 2.09. The average molecular weight is 174 g/mol. The molecule has 0 saturated carbocycles. The minimum Gasteiger partial charge on any atom is -0.502 e. The van der Waals surface area contributed by atoms with Gasteiger partial charge in [0.05, 0.1) is 0 Å². The Kier molecular flexibility index (Phi) is 1.53. The fraction of sp³-hybridized carbons (Fsp3) is 0. The molecule has 0 spiro atoms. The van der Waals surface area contributed by atoms with Gasteiger partial charge in [0.1, 0.15) is 0 Å². The van der Waals surface area contributed by atoms with E-state index in [0.29, 0.717) is 0 Å². The maximum Gasteiger partial charge on any atom is 0.208 e. The van der Waals surface area contributed by atoms with Crippen LogP contribution in [0.1, 0.15) is 0 Å². The summed E-state index contributed by atoms with van der Waals surface area (Å²) in [7, 11) is 0. The Hall–Kier alpha value is -1.98. The van der Waals surface area contributed by atoms with Crippen LogP contribution in [0.2, 0.25) is 0 Å². The molecule has 0 radical (unpaired) electrons. The van der Waals surface area contributed by atoms with Crippen molar-refractivity contribution in [3.05, 3.63) is 0 Å². The molecule has 0 aliphatic heterocycles. The largest absolute Gasteiger partial charge is 0.502 e. The van der Waals surface area contributed by atoms with E-state index in [1.807, 2.05) is 0 Å². The van der Waals surface area contributed by atoms with Gasteiger partial charge in [-0.1, -0.05) is 0 Å². The average Bonchev–Trinajstić information content (AvgIpc) is 2.08. The topological polar surface area (TPSA) is 121 Å². The predicted molar refractivity (Wildman–Crippen MR) is 36.4 cm³/mol. The Bertz CT molecular complexity index is 226. The van der Waals surface area contributed by atoms with Crippen LogP contribution >= 0.6 is 0 Å². The summed E-state index contributed by atoms with van der Waals surface area (Å²) in [5.41, 5.74) is 0. The molecule has 1 aromatic rings. The summed E-state index contributed by atoms with van der Waals surface area (Å²) < 4.78 is 0. The van der Waals surface area contributed by atoms with Gasteiger partial charge in [0.15, 0.2) is 0 Å². The van der Waals surface area contributed by atoms with Crippen LogP contribution in [-0.2, 0) is 0 Å². The van der Waals surface area contributed by atoms with Crippen molar-refractivity contribution in [2.75, 3.05) is 0 Å². The molecule has 6 N–H and O–H groups in total. The molecule has 1 aromatic carbocycles. The third-order valence-electron chi connectivity index (χ3n) is 1.35. The molecule has 12 heavy (non-hydrogen) atoms. The van der Waals surface area contributed by atoms with Gasteiger partial charge in [-0.3, -0.25) is 0 Å². The fourth-order valence-corrected chi connectivity index (χ4v) is 0.673. The van der Waals surface area contributed by atoms with Crippen molar-refractivity contribution >= 4 is 0 Å². The quantitative estimate of drug-likeness (QED) is 0.241. The minimum absolute atomic E-state index is 1.09. The number of phenols is 6. The number of aromatic hydroxyl groups is 6. The highest BCUT2D eigenvalue weighted by Gasteiger charge is 2.22. The number of hydrogen-bond donors (Lipinski definition) is 6. The standard InChI is InChI=1S/C6H6O6/c7-1-2(8)4(10)6(12)5(11)3(1)9/h7-12H. The van der Waals surface area contributed by atoms with Crippen molar-refractivity contribution in [2.24, 2.45) is 0 Å². The Balaban J connectivity index is 3.60. The van der Waals surface area contributed by atoms with Crippen molar-refractivity contribution in [1.29, 1.82) is 0 Å². The molecule has 6 nitrogen and oxygen atoms in total. The Labute approximate surface area is 66.2 Å². The maximum absolute atomic E-state index is 8.76. The van der Waals surface area contributed by atoms with E-state index in [0.717, 1.165) is 0 Å². The van der Waals surface area contributed by atoms with Crippen LogP contribution in [0.25, 0.3) is 0 Å². The summed E-state index contributed by atoms with van der Waals surface area (Å²) in [4.78, 5) is 0. The molecule has 0 atom stereocenters. The highest BCUT2D eigenvalue weighted by Crippen LogP contribution is 2.54. The third-order valence-corrected chi connectivity index (χ3v) is 1.35. The van der Waals surface area contributed by atoms with E-state index < -0.39 is 34.5 Å². The van der Waals surface area contributed by atoms with Gasteiger partial charge < -0.3 is 30.6 Å². The van der Waals surface area contributed by atoms with Gasteiger partial charge in [0.25, 0.3) is 0 Å². The van der Waals surface area contributed by atoms with E-state index in [1.165, 1.54) is 0 Å². The SMILES string of the molecule is Oc1c(O)c(O)c(O)c(O)c1O. The fourth-order valence-electron chi connectivity index (χ4n) is 0.673. The monoisotopic (exact) mass is 174 g/mol. The Morgan fingerprint density at radius 3 is 0.500 bits per heavy atom. The van der Waals surface area contributed by atoms with Crippen LogP contribution in [0.3, 0.4) is 0 Å². The van der Waals surface area contributed by atoms with E-state index in [2.05, 4.69) is 0 Å². The van der Waals surface area contributed by atoms with Gasteiger partial charge in [0, 0.05) is 0 Å². The second kappa shape index (κ2) is 2.26. The number of hydrogen-bond acceptors (Lipinski definition) is 6. The Morgan fingerprint density at radius 1 is 0.333 bits per heavy atom. The van der Waals surface area contributed by atoms with Crippen LogP contribution in [0, 0.1) is 0 Å². The number of rotatable bonds is 0. The molecule has 0 aromatic heterocycles. The first-order valence-corrected chi connectivity index (χ1v) is 2.84. The lowest BCUT2D eigenvalue weighted by Gasteiger charge is -2.06. The molecule has 0 aliphatic carbocycles. The lowest BCUT2D eigenvalue weighted by molar-refractivity contribution is 0.303. The van der Waals surface area contributed by atoms with E-state index in [9.17, 15) is 0 Å². The van der Waals surface area contributed by atoms with Gasteiger partial charge in [-0.15, -0.1) is 0 Å². The van der Waals surface area contributed by atoms with E-state index >= 15 is 0 Å². The second-order valence-electron chi connectivity index (χ2n) is 2.09. The number of benzene rings is 1. The summed E-state index contributed by atoms with van der Waals surface area (Å²) in [5.74, 6) is -6.57. The molecular formula is C6H6O6. The van der Waals surface area contributed by atoms with Crippen molar-refractivity contribution in [2.45, 2.75) is 0 Å². The summed E-state index contributed by atoms with van der Waals surface area (Å²) in [6, 6.07) is 0. The van der Waals surface area contributed by atoms with Gasteiger partial charge in [-0.05, 0) is 0 Å². The lowest BCUT2D eigenvalue weighted by atomic mass is 10.2. The minimum atomic E-state index is -1.09. The lowest BCUT2D eigenvalue weighted by Crippen LogP contribution is -1.77. The van der Waals surface area contributed by atoms with E-state index in [-0.39, 0.29) is 0 Å². The van der Waals surface area contributed by atoms with Crippen LogP contribution in [0.5, 0.6) is 34.5 Å². The zero-order valence-corrected chi connectivity index (χ0v) is 5.68. The third kappa shape index (κ3) is 0.815. The first kappa shape index (κ1) is 8.12. The molecule has 0 unspecified atom stereocenters. The van der Waals surface area contributed by atoms with E-state index in [4.69, 9.17) is 30.6 Å². The molecule has 0 saturated heterocycles.